The van der Waals surface area contributed by atoms with Gasteiger partial charge in [-0.25, -0.2) is 18.0 Å². The van der Waals surface area contributed by atoms with Gasteiger partial charge >= 0.3 is 5.97 Å². The van der Waals surface area contributed by atoms with Crippen LogP contribution in [0.1, 0.15) is 72.9 Å². The molecular formula is C25H24F3NO2. The number of nitrogens with zero attached hydrogens (tertiary/aromatic N) is 1. The van der Waals surface area contributed by atoms with E-state index in [1.807, 2.05) is 0 Å². The molecule has 162 valence electrons. The van der Waals surface area contributed by atoms with Crippen molar-refractivity contribution in [2.24, 2.45) is 17.8 Å². The molecule has 0 heterocycles. The fourth-order valence-electron chi connectivity index (χ4n) is 5.29. The Morgan fingerprint density at radius 1 is 0.968 bits per heavy atom. The standard InChI is InChI=1S/C25H24F3NO2/c1-14-2-3-16-9-17(5-4-15(16)8-14)24-22(27)10-19(11-23(24)28)25(30)31-20-7-6-18(13-29)21(26)12-20/h6-7,10-12,14-17H,2-5,8-9H2,1H3/t14-,15-,16+,17?/m0/s1. The lowest BCUT2D eigenvalue weighted by Crippen LogP contribution is -2.30. The molecule has 2 aliphatic rings. The van der Waals surface area contributed by atoms with Crippen molar-refractivity contribution in [3.63, 3.8) is 0 Å². The Hall–Kier alpha value is -2.81. The summed E-state index contributed by atoms with van der Waals surface area (Å²) >= 11 is 0. The summed E-state index contributed by atoms with van der Waals surface area (Å²) in [6.45, 7) is 2.27. The molecule has 3 nitrogen and oxygen atoms in total. The van der Waals surface area contributed by atoms with Crippen LogP contribution >= 0.6 is 0 Å². The molecule has 0 aliphatic heterocycles. The maximum atomic E-state index is 14.9. The molecule has 2 aromatic rings. The largest absolute Gasteiger partial charge is 0.423 e. The van der Waals surface area contributed by atoms with Gasteiger partial charge in [0, 0.05) is 11.6 Å². The van der Waals surface area contributed by atoms with E-state index in [9.17, 15) is 18.0 Å². The van der Waals surface area contributed by atoms with Crippen LogP contribution in [0.4, 0.5) is 13.2 Å². The summed E-state index contributed by atoms with van der Waals surface area (Å²) in [7, 11) is 0. The second kappa shape index (κ2) is 8.74. The molecule has 0 aromatic heterocycles. The highest BCUT2D eigenvalue weighted by Gasteiger charge is 2.36. The molecule has 31 heavy (non-hydrogen) atoms. The van der Waals surface area contributed by atoms with Crippen molar-refractivity contribution < 1.29 is 22.7 Å². The van der Waals surface area contributed by atoms with E-state index in [2.05, 4.69) is 6.92 Å². The van der Waals surface area contributed by atoms with E-state index in [1.165, 1.54) is 25.0 Å². The molecule has 2 fully saturated rings. The number of hydrogen-bond acceptors (Lipinski definition) is 3. The van der Waals surface area contributed by atoms with Crippen molar-refractivity contribution >= 4 is 5.97 Å². The lowest BCUT2D eigenvalue weighted by molar-refractivity contribution is 0.0733. The SMILES string of the molecule is C[C@H]1CC[C@@H]2CC(c3c(F)cc(C(=O)Oc4ccc(C#N)c(F)c4)cc3F)CC[C@H]2C1. The van der Waals surface area contributed by atoms with Crippen LogP contribution in [0.5, 0.6) is 5.75 Å². The van der Waals surface area contributed by atoms with Gasteiger partial charge in [-0.1, -0.05) is 13.3 Å². The first kappa shape index (κ1) is 21.4. The minimum atomic E-state index is -0.988. The van der Waals surface area contributed by atoms with E-state index in [0.717, 1.165) is 49.8 Å². The molecule has 1 unspecified atom stereocenters. The zero-order valence-electron chi connectivity index (χ0n) is 17.3. The predicted octanol–water partition coefficient (Wildman–Crippen LogP) is 6.51. The predicted molar refractivity (Wildman–Crippen MR) is 109 cm³/mol. The molecule has 0 amide bonds. The molecule has 0 radical (unpaired) electrons. The zero-order chi connectivity index (χ0) is 22.1. The van der Waals surface area contributed by atoms with Crippen LogP contribution < -0.4 is 4.74 Å². The molecule has 6 heteroatoms. The number of nitriles is 1. The molecule has 0 saturated heterocycles. The summed E-state index contributed by atoms with van der Waals surface area (Å²) < 4.78 is 48.5. The van der Waals surface area contributed by atoms with Crippen molar-refractivity contribution in [2.45, 2.75) is 51.4 Å². The molecule has 0 bridgehead atoms. The maximum absolute atomic E-state index is 14.9. The van der Waals surface area contributed by atoms with Gasteiger partial charge in [-0.2, -0.15) is 5.26 Å². The minimum Gasteiger partial charge on any atom is -0.423 e. The number of fused-ring (bicyclic) bond motifs is 1. The molecule has 2 saturated carbocycles. The number of benzene rings is 2. The van der Waals surface area contributed by atoms with Gasteiger partial charge < -0.3 is 4.74 Å². The Bertz CT molecular complexity index is 1020. The Labute approximate surface area is 179 Å². The third kappa shape index (κ3) is 4.46. The third-order valence-corrected chi connectivity index (χ3v) is 6.87. The molecule has 2 aromatic carbocycles. The fraction of sp³-hybridized carbons (Fsp3) is 0.440. The average molecular weight is 427 g/mol. The van der Waals surface area contributed by atoms with E-state index >= 15 is 0 Å². The Kier molecular flexibility index (Phi) is 6.04. The van der Waals surface area contributed by atoms with Crippen LogP contribution in [0.2, 0.25) is 0 Å². The minimum absolute atomic E-state index is 0.0537. The van der Waals surface area contributed by atoms with Gasteiger partial charge in [-0.05, 0) is 80.0 Å². The first-order valence-corrected chi connectivity index (χ1v) is 10.8. The van der Waals surface area contributed by atoms with Crippen LogP contribution in [0, 0.1) is 46.5 Å². The number of rotatable bonds is 3. The summed E-state index contributed by atoms with van der Waals surface area (Å²) in [5.41, 5.74) is -0.412. The Morgan fingerprint density at radius 2 is 1.65 bits per heavy atom. The van der Waals surface area contributed by atoms with Crippen molar-refractivity contribution in [3.05, 3.63) is 64.5 Å². The number of carbonyl (C=O) groups is 1. The smallest absolute Gasteiger partial charge is 0.343 e. The lowest BCUT2D eigenvalue weighted by atomic mass is 9.64. The summed E-state index contributed by atoms with van der Waals surface area (Å²) in [5.74, 6) is -1.77. The van der Waals surface area contributed by atoms with Gasteiger partial charge in [-0.15, -0.1) is 0 Å². The van der Waals surface area contributed by atoms with E-state index in [1.54, 1.807) is 6.07 Å². The lowest BCUT2D eigenvalue weighted by Gasteiger charge is -2.41. The van der Waals surface area contributed by atoms with Crippen molar-refractivity contribution in [2.75, 3.05) is 0 Å². The Morgan fingerprint density at radius 3 is 2.32 bits per heavy atom. The maximum Gasteiger partial charge on any atom is 0.343 e. The number of carbonyl (C=O) groups excluding carboxylic acids is 1. The monoisotopic (exact) mass is 427 g/mol. The highest BCUT2D eigenvalue weighted by atomic mass is 19.1. The summed E-state index contributed by atoms with van der Waals surface area (Å²) in [4.78, 5) is 12.3. The first-order chi connectivity index (χ1) is 14.9. The van der Waals surface area contributed by atoms with Crippen LogP contribution in [-0.4, -0.2) is 5.97 Å². The second-order valence-corrected chi connectivity index (χ2v) is 8.94. The number of hydrogen-bond donors (Lipinski definition) is 0. The summed E-state index contributed by atoms with van der Waals surface area (Å²) in [6, 6.07) is 6.97. The highest BCUT2D eigenvalue weighted by Crippen LogP contribution is 2.48. The van der Waals surface area contributed by atoms with Crippen molar-refractivity contribution in [1.29, 1.82) is 5.26 Å². The van der Waals surface area contributed by atoms with E-state index in [-0.39, 0.29) is 28.4 Å². The van der Waals surface area contributed by atoms with E-state index in [4.69, 9.17) is 10.00 Å². The highest BCUT2D eigenvalue weighted by molar-refractivity contribution is 5.91. The first-order valence-electron chi connectivity index (χ1n) is 10.8. The van der Waals surface area contributed by atoms with Crippen molar-refractivity contribution in [1.82, 2.24) is 0 Å². The van der Waals surface area contributed by atoms with Gasteiger partial charge in [0.25, 0.3) is 0 Å². The summed E-state index contributed by atoms with van der Waals surface area (Å²) in [6.07, 6.45) is 5.97. The van der Waals surface area contributed by atoms with E-state index in [0.29, 0.717) is 11.8 Å². The number of esters is 1. The number of halogens is 3. The van der Waals surface area contributed by atoms with Crippen LogP contribution in [0.25, 0.3) is 0 Å². The van der Waals surface area contributed by atoms with Crippen molar-refractivity contribution in [3.8, 4) is 11.8 Å². The molecule has 2 aliphatic carbocycles. The summed E-state index contributed by atoms with van der Waals surface area (Å²) in [5, 5.41) is 8.76. The molecule has 0 N–H and O–H groups in total. The number of ether oxygens (including phenoxy) is 1. The quantitative estimate of drug-likeness (QED) is 0.414. The van der Waals surface area contributed by atoms with Gasteiger partial charge in [-0.3, -0.25) is 0 Å². The Balaban J connectivity index is 1.50. The molecule has 4 rings (SSSR count). The third-order valence-electron chi connectivity index (χ3n) is 6.87. The second-order valence-electron chi connectivity index (χ2n) is 8.94. The topological polar surface area (TPSA) is 50.1 Å². The normalized spacial score (nSPS) is 25.4. The van der Waals surface area contributed by atoms with Crippen LogP contribution in [0.3, 0.4) is 0 Å². The van der Waals surface area contributed by atoms with Gasteiger partial charge in [0.2, 0.25) is 0 Å². The van der Waals surface area contributed by atoms with Gasteiger partial charge in [0.1, 0.15) is 29.3 Å². The van der Waals surface area contributed by atoms with E-state index < -0.39 is 23.4 Å². The van der Waals surface area contributed by atoms with Gasteiger partial charge in [0.05, 0.1) is 11.1 Å². The van der Waals surface area contributed by atoms with Crippen LogP contribution in [-0.2, 0) is 0 Å². The molecule has 0 spiro atoms. The van der Waals surface area contributed by atoms with Gasteiger partial charge in [0.15, 0.2) is 0 Å². The molecular weight excluding hydrogens is 403 g/mol. The molecule has 4 atom stereocenters. The zero-order valence-corrected chi connectivity index (χ0v) is 17.3. The van der Waals surface area contributed by atoms with Crippen LogP contribution in [0.15, 0.2) is 30.3 Å². The fourth-order valence-corrected chi connectivity index (χ4v) is 5.29. The average Bonchev–Trinajstić information content (AvgIpc) is 2.73.